The van der Waals surface area contributed by atoms with Crippen LogP contribution in [0.4, 0.5) is 0 Å². The normalized spacial score (nSPS) is 51.4. The van der Waals surface area contributed by atoms with Gasteiger partial charge in [0.15, 0.2) is 5.78 Å². The third kappa shape index (κ3) is 1.84. The Morgan fingerprint density at radius 1 is 1.23 bits per heavy atom. The maximum absolute atomic E-state index is 13.6. The van der Waals surface area contributed by atoms with Gasteiger partial charge in [-0.25, -0.2) is 0 Å². The summed E-state index contributed by atoms with van der Waals surface area (Å²) in [5, 5.41) is 34.8. The van der Waals surface area contributed by atoms with Gasteiger partial charge in [-0.2, -0.15) is 0 Å². The molecular formula is C23H31NO6. The Labute approximate surface area is 176 Å². The first-order valence-corrected chi connectivity index (χ1v) is 10.9. The molecule has 0 unspecified atom stereocenters. The minimum absolute atomic E-state index is 0.0117. The summed E-state index contributed by atoms with van der Waals surface area (Å²) in [6.45, 7) is 12.0. The lowest BCUT2D eigenvalue weighted by atomic mass is 9.41. The SMILES string of the molecule is C=CCN1C(=O)CCC(C)(C)[C@H]2[C@H](O)[C@@]3(O)OC[C@]21[C@@H]1CC[C@H]2C(=C)C(=O)[C@]13[C@@H]2O. The number of nitrogens with zero attached hydrogens (tertiary/aromatic N) is 1. The van der Waals surface area contributed by atoms with E-state index in [4.69, 9.17) is 4.74 Å². The fourth-order valence-corrected chi connectivity index (χ4v) is 8.09. The number of carbonyl (C=O) groups is 2. The number of ether oxygens (including phenoxy) is 1. The van der Waals surface area contributed by atoms with E-state index in [1.54, 1.807) is 11.0 Å². The Bertz CT molecular complexity index is 868. The third-order valence-electron chi connectivity index (χ3n) is 9.19. The molecule has 7 nitrogen and oxygen atoms in total. The van der Waals surface area contributed by atoms with Crippen molar-refractivity contribution in [3.05, 3.63) is 24.8 Å². The molecule has 3 heterocycles. The van der Waals surface area contributed by atoms with E-state index in [2.05, 4.69) is 13.2 Å². The average Bonchev–Trinajstić information content (AvgIpc) is 2.78. The van der Waals surface area contributed by atoms with Crippen molar-refractivity contribution in [1.82, 2.24) is 4.90 Å². The Morgan fingerprint density at radius 2 is 1.93 bits per heavy atom. The van der Waals surface area contributed by atoms with E-state index in [9.17, 15) is 24.9 Å². The van der Waals surface area contributed by atoms with Crippen LogP contribution in [0.25, 0.3) is 0 Å². The minimum Gasteiger partial charge on any atom is -0.391 e. The van der Waals surface area contributed by atoms with Crippen LogP contribution in [-0.2, 0) is 14.3 Å². The van der Waals surface area contributed by atoms with Crippen LogP contribution in [0.15, 0.2) is 24.8 Å². The second kappa shape index (κ2) is 5.82. The largest absolute Gasteiger partial charge is 0.391 e. The van der Waals surface area contributed by atoms with Crippen molar-refractivity contribution in [2.24, 2.45) is 28.6 Å². The predicted octanol–water partition coefficient (Wildman–Crippen LogP) is 0.782. The molecule has 3 N–H and O–H groups in total. The van der Waals surface area contributed by atoms with E-state index < -0.39 is 57.9 Å². The number of amides is 1. The quantitative estimate of drug-likeness (QED) is 0.453. The van der Waals surface area contributed by atoms with Gasteiger partial charge >= 0.3 is 0 Å². The molecule has 0 aromatic carbocycles. The Kier molecular flexibility index (Phi) is 3.95. The Hall–Kier alpha value is -1.54. The summed E-state index contributed by atoms with van der Waals surface area (Å²) in [6.07, 6.45) is 0.947. The number of aliphatic hydroxyl groups is 3. The molecule has 3 saturated heterocycles. The summed E-state index contributed by atoms with van der Waals surface area (Å²) in [7, 11) is 0. The van der Waals surface area contributed by atoms with E-state index in [1.165, 1.54) is 0 Å². The first-order chi connectivity index (χ1) is 14.0. The maximum Gasteiger partial charge on any atom is 0.223 e. The first kappa shape index (κ1) is 20.4. The van der Waals surface area contributed by atoms with Gasteiger partial charge in [-0.3, -0.25) is 9.59 Å². The Balaban J connectivity index is 1.84. The van der Waals surface area contributed by atoms with Gasteiger partial charge in [0.2, 0.25) is 11.7 Å². The van der Waals surface area contributed by atoms with Crippen LogP contribution >= 0.6 is 0 Å². The lowest BCUT2D eigenvalue weighted by Crippen LogP contribution is -2.88. The van der Waals surface area contributed by atoms with E-state index in [0.29, 0.717) is 25.7 Å². The van der Waals surface area contributed by atoms with Crippen LogP contribution in [0.1, 0.15) is 39.5 Å². The summed E-state index contributed by atoms with van der Waals surface area (Å²) >= 11 is 0. The van der Waals surface area contributed by atoms with Crippen LogP contribution in [0.5, 0.6) is 0 Å². The van der Waals surface area contributed by atoms with Crippen LogP contribution in [0, 0.1) is 28.6 Å². The second-order valence-corrected chi connectivity index (χ2v) is 10.6. The van der Waals surface area contributed by atoms with Crippen molar-refractivity contribution in [1.29, 1.82) is 0 Å². The summed E-state index contributed by atoms with van der Waals surface area (Å²) in [6, 6.07) is 0. The number of Topliss-reactive ketones (excluding diaryl/α,β-unsaturated/α-hetero) is 1. The number of carbonyl (C=O) groups excluding carboxylic acids is 2. The summed E-state index contributed by atoms with van der Waals surface area (Å²) < 4.78 is 5.95. The highest BCUT2D eigenvalue weighted by Crippen LogP contribution is 2.73. The molecule has 0 aromatic rings. The van der Waals surface area contributed by atoms with Crippen LogP contribution < -0.4 is 0 Å². The molecule has 0 radical (unpaired) electrons. The molecule has 6 fully saturated rings. The van der Waals surface area contributed by atoms with Gasteiger partial charge in [0.1, 0.15) is 11.5 Å². The van der Waals surface area contributed by atoms with Crippen molar-refractivity contribution >= 4 is 11.7 Å². The Morgan fingerprint density at radius 3 is 2.60 bits per heavy atom. The highest BCUT2D eigenvalue weighted by molar-refractivity contribution is 6.05. The van der Waals surface area contributed by atoms with Crippen LogP contribution in [0.2, 0.25) is 0 Å². The van der Waals surface area contributed by atoms with Crippen molar-refractivity contribution in [2.75, 3.05) is 13.2 Å². The third-order valence-corrected chi connectivity index (χ3v) is 9.19. The molecule has 8 atom stereocenters. The molecule has 4 bridgehead atoms. The zero-order valence-electron chi connectivity index (χ0n) is 17.6. The molecule has 1 amide bonds. The van der Waals surface area contributed by atoms with E-state index in [1.807, 2.05) is 13.8 Å². The number of likely N-dealkylation sites (tertiary alicyclic amines) is 1. The molecule has 164 valence electrons. The maximum atomic E-state index is 13.6. The van der Waals surface area contributed by atoms with Gasteiger partial charge in [-0.1, -0.05) is 26.5 Å². The summed E-state index contributed by atoms with van der Waals surface area (Å²) in [4.78, 5) is 28.7. The zero-order valence-corrected chi connectivity index (χ0v) is 17.6. The van der Waals surface area contributed by atoms with Gasteiger partial charge < -0.3 is 25.0 Å². The van der Waals surface area contributed by atoms with E-state index >= 15 is 0 Å². The molecule has 0 aromatic heterocycles. The molecule has 6 rings (SSSR count). The predicted molar refractivity (Wildman–Crippen MR) is 107 cm³/mol. The molecular weight excluding hydrogens is 386 g/mol. The minimum atomic E-state index is -2.22. The zero-order chi connectivity index (χ0) is 21.9. The fraction of sp³-hybridized carbons (Fsp3) is 0.739. The van der Waals surface area contributed by atoms with Crippen molar-refractivity contribution in [3.8, 4) is 0 Å². The molecule has 2 spiro atoms. The number of aliphatic hydroxyl groups excluding tert-OH is 2. The van der Waals surface area contributed by atoms with E-state index in [-0.39, 0.29) is 24.6 Å². The fourth-order valence-electron chi connectivity index (χ4n) is 8.09. The van der Waals surface area contributed by atoms with Gasteiger partial charge in [0.05, 0.1) is 18.2 Å². The van der Waals surface area contributed by atoms with Gasteiger partial charge in [-0.15, -0.1) is 6.58 Å². The number of rotatable bonds is 2. The number of ketones is 1. The van der Waals surface area contributed by atoms with Crippen molar-refractivity contribution < 1.29 is 29.6 Å². The molecule has 7 heteroatoms. The van der Waals surface area contributed by atoms with Gasteiger partial charge in [0.25, 0.3) is 0 Å². The average molecular weight is 418 g/mol. The lowest BCUT2D eigenvalue weighted by Gasteiger charge is -2.73. The number of hydrogen-bond acceptors (Lipinski definition) is 6. The molecule has 6 aliphatic rings. The summed E-state index contributed by atoms with van der Waals surface area (Å²) in [5.74, 6) is -4.26. The molecule has 3 saturated carbocycles. The molecule has 30 heavy (non-hydrogen) atoms. The van der Waals surface area contributed by atoms with Gasteiger partial charge in [-0.05, 0) is 30.3 Å². The highest BCUT2D eigenvalue weighted by Gasteiger charge is 2.86. The monoisotopic (exact) mass is 417 g/mol. The van der Waals surface area contributed by atoms with Gasteiger partial charge in [0, 0.05) is 30.7 Å². The number of hydrogen-bond donors (Lipinski definition) is 3. The summed E-state index contributed by atoms with van der Waals surface area (Å²) in [5.41, 5.74) is -2.96. The topological polar surface area (TPSA) is 107 Å². The van der Waals surface area contributed by atoms with E-state index in [0.717, 1.165) is 0 Å². The number of fused-ring (bicyclic) bond motifs is 2. The van der Waals surface area contributed by atoms with Crippen molar-refractivity contribution in [3.63, 3.8) is 0 Å². The van der Waals surface area contributed by atoms with Crippen LogP contribution in [-0.4, -0.2) is 68.6 Å². The second-order valence-electron chi connectivity index (χ2n) is 10.6. The highest BCUT2D eigenvalue weighted by atomic mass is 16.6. The smallest absolute Gasteiger partial charge is 0.223 e. The lowest BCUT2D eigenvalue weighted by molar-refractivity contribution is -0.436. The van der Waals surface area contributed by atoms with Crippen LogP contribution in [0.3, 0.4) is 0 Å². The first-order valence-electron chi connectivity index (χ1n) is 10.9. The molecule has 3 aliphatic heterocycles. The standard InChI is InChI=1S/C23H31NO6/c1-5-10-24-15(25)8-9-20(3,4)16-19(28)23(29)22-14(21(16,24)11-30-23)7-6-13(18(22)27)12(2)17(22)26/h5,13-14,16,18-19,27-29H,1-2,6-11H2,3-4H3/t13-,14-,16+,18+,19-,21-,22-,23+/m0/s1. The molecule has 3 aliphatic carbocycles. The van der Waals surface area contributed by atoms with Crippen molar-refractivity contribution in [2.45, 2.75) is 63.1 Å².